The van der Waals surface area contributed by atoms with Crippen LogP contribution in [0, 0.1) is 0 Å². The predicted octanol–water partition coefficient (Wildman–Crippen LogP) is 2.07. The summed E-state index contributed by atoms with van der Waals surface area (Å²) in [5.74, 6) is -0.0352. The Balaban J connectivity index is 0.00000320. The van der Waals surface area contributed by atoms with Crippen LogP contribution in [0.5, 0.6) is 5.88 Å². The number of hydrogen-bond acceptors (Lipinski definition) is 8. The van der Waals surface area contributed by atoms with Crippen molar-refractivity contribution in [1.29, 1.82) is 0 Å². The number of carbonyl (C=O) groups is 1. The van der Waals surface area contributed by atoms with Gasteiger partial charge in [0.25, 0.3) is 5.91 Å². The van der Waals surface area contributed by atoms with E-state index < -0.39 is 9.84 Å². The normalized spacial score (nSPS) is 11.5. The molecular weight excluding hydrogens is 450 g/mol. The van der Waals surface area contributed by atoms with Gasteiger partial charge in [-0.1, -0.05) is 11.3 Å². The Morgan fingerprint density at radius 2 is 1.97 bits per heavy atom. The molecule has 0 fully saturated rings. The number of anilines is 1. The third kappa shape index (κ3) is 5.09. The van der Waals surface area contributed by atoms with Gasteiger partial charge in [-0.25, -0.2) is 13.4 Å². The molecule has 164 valence electrons. The second kappa shape index (κ2) is 9.29. The topological polar surface area (TPSA) is 97.6 Å². The monoisotopic (exact) mass is 473 g/mol. The van der Waals surface area contributed by atoms with Crippen LogP contribution in [0.3, 0.4) is 0 Å². The maximum Gasteiger partial charge on any atom is 0.267 e. The lowest BCUT2D eigenvalue weighted by molar-refractivity contribution is 0.0982. The molecule has 0 saturated carbocycles. The number of aryl methyl sites for hydroxylation is 1. The number of thiazole rings is 1. The molecule has 0 N–H and O–H groups in total. The molecule has 30 heavy (non-hydrogen) atoms. The van der Waals surface area contributed by atoms with Crippen molar-refractivity contribution in [2.24, 2.45) is 7.05 Å². The highest BCUT2D eigenvalue weighted by atomic mass is 35.5. The van der Waals surface area contributed by atoms with Gasteiger partial charge in [0, 0.05) is 32.6 Å². The summed E-state index contributed by atoms with van der Waals surface area (Å²) in [6.45, 7) is 1.03. The highest BCUT2D eigenvalue weighted by Crippen LogP contribution is 2.32. The van der Waals surface area contributed by atoms with Crippen LogP contribution < -0.4 is 9.64 Å². The summed E-state index contributed by atoms with van der Waals surface area (Å²) in [4.78, 5) is 21.6. The second-order valence-electron chi connectivity index (χ2n) is 6.88. The molecule has 2 heterocycles. The molecule has 1 amide bonds. The fraction of sp³-hybridized carbons (Fsp3) is 0.389. The maximum atomic E-state index is 13.3. The smallest absolute Gasteiger partial charge is 0.267 e. The Morgan fingerprint density at radius 3 is 2.57 bits per heavy atom. The molecule has 0 radical (unpaired) electrons. The van der Waals surface area contributed by atoms with Gasteiger partial charge in [-0.3, -0.25) is 14.4 Å². The van der Waals surface area contributed by atoms with Crippen LogP contribution in [0.1, 0.15) is 10.4 Å². The summed E-state index contributed by atoms with van der Waals surface area (Å²) in [5.41, 5.74) is 0.975. The van der Waals surface area contributed by atoms with E-state index in [1.165, 1.54) is 29.2 Å². The number of ether oxygens (including phenoxy) is 1. The van der Waals surface area contributed by atoms with Gasteiger partial charge in [-0.15, -0.1) is 17.5 Å². The Labute approximate surface area is 185 Å². The molecule has 0 aliphatic rings. The van der Waals surface area contributed by atoms with E-state index in [2.05, 4.69) is 10.1 Å². The predicted molar refractivity (Wildman–Crippen MR) is 120 cm³/mol. The Bertz CT molecular complexity index is 1160. The molecule has 0 aliphatic carbocycles. The minimum absolute atomic E-state index is 0. The number of hydrogen-bond donors (Lipinski definition) is 0. The number of halogens is 1. The van der Waals surface area contributed by atoms with Gasteiger partial charge in [0.1, 0.15) is 5.56 Å². The van der Waals surface area contributed by atoms with Crippen LogP contribution in [0.15, 0.2) is 29.3 Å². The molecule has 9 nitrogen and oxygen atoms in total. The SMILES string of the molecule is COc1nn(C)cc1C(=O)N(CCN(C)C)c1nc2ccc(S(C)(=O)=O)cc2s1.Cl. The van der Waals surface area contributed by atoms with Crippen molar-refractivity contribution in [2.75, 3.05) is 45.5 Å². The quantitative estimate of drug-likeness (QED) is 0.518. The first kappa shape index (κ1) is 24.1. The molecule has 3 rings (SSSR count). The van der Waals surface area contributed by atoms with Crippen molar-refractivity contribution < 1.29 is 17.9 Å². The van der Waals surface area contributed by atoms with Gasteiger partial charge < -0.3 is 9.64 Å². The van der Waals surface area contributed by atoms with E-state index in [9.17, 15) is 13.2 Å². The number of methoxy groups -OCH3 is 1. The first-order valence-corrected chi connectivity index (χ1v) is 11.5. The van der Waals surface area contributed by atoms with E-state index in [0.717, 1.165) is 6.26 Å². The van der Waals surface area contributed by atoms with Crippen molar-refractivity contribution in [1.82, 2.24) is 19.7 Å². The van der Waals surface area contributed by atoms with Gasteiger partial charge >= 0.3 is 0 Å². The summed E-state index contributed by atoms with van der Waals surface area (Å²) in [6.07, 6.45) is 2.77. The maximum absolute atomic E-state index is 13.3. The largest absolute Gasteiger partial charge is 0.479 e. The first-order valence-electron chi connectivity index (χ1n) is 8.75. The molecule has 0 aliphatic heterocycles. The molecule has 0 unspecified atom stereocenters. The zero-order valence-corrected chi connectivity index (χ0v) is 19.8. The Kier molecular flexibility index (Phi) is 7.45. The van der Waals surface area contributed by atoms with Crippen molar-refractivity contribution in [3.63, 3.8) is 0 Å². The van der Waals surface area contributed by atoms with Gasteiger partial charge in [0.15, 0.2) is 15.0 Å². The lowest BCUT2D eigenvalue weighted by Crippen LogP contribution is -2.36. The number of sulfone groups is 1. The molecule has 0 spiro atoms. The molecule has 0 bridgehead atoms. The van der Waals surface area contributed by atoms with Crippen molar-refractivity contribution in [3.05, 3.63) is 30.0 Å². The molecule has 1 aromatic carbocycles. The summed E-state index contributed by atoms with van der Waals surface area (Å²) < 4.78 is 31.2. The highest BCUT2D eigenvalue weighted by molar-refractivity contribution is 7.90. The lowest BCUT2D eigenvalue weighted by Gasteiger charge is -2.21. The standard InChI is InChI=1S/C18H23N5O4S2.ClH/c1-21(2)8-9-23(17(24)13-11-22(3)20-16(13)27-4)18-19-14-7-6-12(29(5,25)26)10-15(14)28-18;/h6-7,10-11H,8-9H2,1-5H3;1H. The fourth-order valence-corrected chi connectivity index (χ4v) is 4.48. The first-order chi connectivity index (χ1) is 13.6. The van der Waals surface area contributed by atoms with Crippen LogP contribution in [0.4, 0.5) is 5.13 Å². The van der Waals surface area contributed by atoms with Crippen LogP contribution in [0.2, 0.25) is 0 Å². The minimum atomic E-state index is -3.33. The summed E-state index contributed by atoms with van der Waals surface area (Å²) in [7, 11) is 3.70. The highest BCUT2D eigenvalue weighted by Gasteiger charge is 2.26. The Hall–Kier alpha value is -2.21. The van der Waals surface area contributed by atoms with E-state index in [1.54, 1.807) is 30.3 Å². The van der Waals surface area contributed by atoms with Crippen LogP contribution in [-0.2, 0) is 16.9 Å². The average Bonchev–Trinajstić information content (AvgIpc) is 3.22. The third-order valence-electron chi connectivity index (χ3n) is 4.24. The van der Waals surface area contributed by atoms with Gasteiger partial charge in [-0.05, 0) is 32.3 Å². The van der Waals surface area contributed by atoms with E-state index in [1.807, 2.05) is 19.0 Å². The number of amides is 1. The molecule has 0 saturated heterocycles. The second-order valence-corrected chi connectivity index (χ2v) is 9.91. The fourth-order valence-electron chi connectivity index (χ4n) is 2.73. The number of likely N-dealkylation sites (N-methyl/N-ethyl adjacent to an activating group) is 1. The van der Waals surface area contributed by atoms with Crippen molar-refractivity contribution in [2.45, 2.75) is 4.90 Å². The zero-order valence-electron chi connectivity index (χ0n) is 17.3. The summed E-state index contributed by atoms with van der Waals surface area (Å²) in [6, 6.07) is 4.77. The number of rotatable bonds is 7. The third-order valence-corrected chi connectivity index (χ3v) is 6.39. The van der Waals surface area contributed by atoms with Gasteiger partial charge in [-0.2, -0.15) is 0 Å². The number of fused-ring (bicyclic) bond motifs is 1. The molecule has 2 aromatic heterocycles. The van der Waals surface area contributed by atoms with Crippen LogP contribution in [-0.4, -0.2) is 74.5 Å². The van der Waals surface area contributed by atoms with Gasteiger partial charge in [0.2, 0.25) is 5.88 Å². The Morgan fingerprint density at radius 1 is 1.27 bits per heavy atom. The lowest BCUT2D eigenvalue weighted by atomic mass is 10.3. The molecule has 0 atom stereocenters. The zero-order chi connectivity index (χ0) is 21.3. The van der Waals surface area contributed by atoms with Crippen molar-refractivity contribution in [3.8, 4) is 5.88 Å². The number of nitrogens with zero attached hydrogens (tertiary/aromatic N) is 5. The minimum Gasteiger partial charge on any atom is -0.479 e. The van der Waals surface area contributed by atoms with Crippen molar-refractivity contribution >= 4 is 54.8 Å². The van der Waals surface area contributed by atoms with Crippen LogP contribution >= 0.6 is 23.7 Å². The number of benzene rings is 1. The summed E-state index contributed by atoms with van der Waals surface area (Å²) in [5, 5.41) is 4.64. The molecule has 3 aromatic rings. The number of carbonyl (C=O) groups excluding carboxylic acids is 1. The molecular formula is C18H24ClN5O4S2. The van der Waals surface area contributed by atoms with Crippen LogP contribution in [0.25, 0.3) is 10.2 Å². The average molecular weight is 474 g/mol. The molecule has 12 heteroatoms. The van der Waals surface area contributed by atoms with Gasteiger partial charge in [0.05, 0.1) is 22.2 Å². The van der Waals surface area contributed by atoms with E-state index in [4.69, 9.17) is 4.74 Å². The summed E-state index contributed by atoms with van der Waals surface area (Å²) >= 11 is 1.27. The van der Waals surface area contributed by atoms with E-state index in [-0.39, 0.29) is 29.1 Å². The van der Waals surface area contributed by atoms with E-state index >= 15 is 0 Å². The number of aromatic nitrogens is 3. The van der Waals surface area contributed by atoms with E-state index in [0.29, 0.717) is 34.0 Å².